The number of nitrogens with two attached hydrogens (primary N) is 1. The number of nitriles is 1. The zero-order valence-electron chi connectivity index (χ0n) is 11.9. The van der Waals surface area contributed by atoms with E-state index < -0.39 is 0 Å². The Morgan fingerprint density at radius 3 is 2.68 bits per heavy atom. The van der Waals surface area contributed by atoms with Gasteiger partial charge in [0, 0.05) is 16.5 Å². The van der Waals surface area contributed by atoms with Crippen molar-refractivity contribution < 1.29 is 9.47 Å². The number of hydrogen-bond acceptors (Lipinski definition) is 5. The van der Waals surface area contributed by atoms with Gasteiger partial charge in [-0.05, 0) is 18.2 Å². The Morgan fingerprint density at radius 2 is 2.00 bits per heavy atom. The number of benzene rings is 2. The van der Waals surface area contributed by atoms with Gasteiger partial charge in [-0.1, -0.05) is 24.3 Å². The van der Waals surface area contributed by atoms with E-state index in [-0.39, 0.29) is 11.1 Å². The number of hydrogen-bond donors (Lipinski definition) is 1. The zero-order valence-corrected chi connectivity index (χ0v) is 12.8. The molecule has 0 aromatic heterocycles. The van der Waals surface area contributed by atoms with Crippen molar-refractivity contribution in [2.24, 2.45) is 5.73 Å². The van der Waals surface area contributed by atoms with E-state index >= 15 is 0 Å². The molecule has 1 atom stereocenters. The predicted octanol–water partition coefficient (Wildman–Crippen LogP) is 3.61. The number of fused-ring (bicyclic) bond motifs is 1. The molecule has 0 spiro atoms. The molecule has 1 aliphatic rings. The first-order valence-corrected chi connectivity index (χ1v) is 7.58. The van der Waals surface area contributed by atoms with Gasteiger partial charge in [0.15, 0.2) is 0 Å². The lowest BCUT2D eigenvalue weighted by molar-refractivity contribution is 0.384. The summed E-state index contributed by atoms with van der Waals surface area (Å²) in [6.07, 6.45) is 0. The van der Waals surface area contributed by atoms with Crippen molar-refractivity contribution in [3.05, 3.63) is 65.6 Å². The number of ether oxygens (including phenoxy) is 2. The van der Waals surface area contributed by atoms with Gasteiger partial charge in [0.1, 0.15) is 23.1 Å². The highest BCUT2D eigenvalue weighted by Gasteiger charge is 2.30. The van der Waals surface area contributed by atoms with Crippen molar-refractivity contribution in [2.45, 2.75) is 10.1 Å². The summed E-state index contributed by atoms with van der Waals surface area (Å²) in [5, 5.41) is 9.24. The summed E-state index contributed by atoms with van der Waals surface area (Å²) in [7, 11) is 1.60. The van der Waals surface area contributed by atoms with Gasteiger partial charge < -0.3 is 15.2 Å². The lowest BCUT2D eigenvalue weighted by Crippen LogP contribution is -2.18. The molecule has 22 heavy (non-hydrogen) atoms. The van der Waals surface area contributed by atoms with Crippen molar-refractivity contribution in [3.8, 4) is 17.6 Å². The lowest BCUT2D eigenvalue weighted by atomic mass is 10.0. The largest absolute Gasteiger partial charge is 0.497 e. The molecule has 0 bridgehead atoms. The number of thioether (sulfide) groups is 1. The van der Waals surface area contributed by atoms with Crippen LogP contribution in [0.1, 0.15) is 10.8 Å². The molecule has 1 aliphatic heterocycles. The summed E-state index contributed by atoms with van der Waals surface area (Å²) in [6.45, 7) is 0. The van der Waals surface area contributed by atoms with Gasteiger partial charge in [-0.2, -0.15) is 5.26 Å². The average molecular weight is 310 g/mol. The summed E-state index contributed by atoms with van der Waals surface area (Å²) in [4.78, 5) is 1.07. The van der Waals surface area contributed by atoms with Crippen molar-refractivity contribution >= 4 is 11.8 Å². The van der Waals surface area contributed by atoms with Crippen LogP contribution in [0.3, 0.4) is 0 Å². The summed E-state index contributed by atoms with van der Waals surface area (Å²) in [5.74, 6) is 1.47. The maximum atomic E-state index is 9.43. The molecule has 0 aliphatic carbocycles. The second kappa shape index (κ2) is 6.04. The summed E-state index contributed by atoms with van der Waals surface area (Å²) in [6, 6.07) is 17.6. The third kappa shape index (κ3) is 2.61. The standard InChI is InChI=1S/C17H14N2O2S/c1-20-11-7-8-13-15(9-11)21-17(19)14(10-18)16(13)22-12-5-3-2-4-6-12/h2-9,16H,19H2,1H3. The van der Waals surface area contributed by atoms with Crippen molar-refractivity contribution in [1.82, 2.24) is 0 Å². The maximum Gasteiger partial charge on any atom is 0.206 e. The number of methoxy groups -OCH3 is 1. The molecule has 2 N–H and O–H groups in total. The van der Waals surface area contributed by atoms with E-state index in [1.165, 1.54) is 0 Å². The Balaban J connectivity index is 2.05. The molecular weight excluding hydrogens is 296 g/mol. The Kier molecular flexibility index (Phi) is 3.94. The topological polar surface area (TPSA) is 68.3 Å². The average Bonchev–Trinajstić information content (AvgIpc) is 2.55. The number of nitrogens with zero attached hydrogens (tertiary/aromatic N) is 1. The van der Waals surface area contributed by atoms with Crippen LogP contribution in [0.15, 0.2) is 64.9 Å². The molecule has 0 amide bonds. The molecular formula is C17H14N2O2S. The van der Waals surface area contributed by atoms with Gasteiger partial charge in [-0.3, -0.25) is 0 Å². The van der Waals surface area contributed by atoms with E-state index in [2.05, 4.69) is 6.07 Å². The first-order chi connectivity index (χ1) is 10.7. The Bertz CT molecular complexity index is 766. The Hall–Kier alpha value is -2.58. The molecule has 110 valence electrons. The van der Waals surface area contributed by atoms with E-state index in [0.29, 0.717) is 17.1 Å². The molecule has 0 saturated carbocycles. The summed E-state index contributed by atoms with van der Waals surface area (Å²) >= 11 is 1.58. The predicted molar refractivity (Wildman–Crippen MR) is 85.5 cm³/mol. The molecule has 0 fully saturated rings. The Morgan fingerprint density at radius 1 is 1.23 bits per heavy atom. The molecule has 1 heterocycles. The second-order valence-electron chi connectivity index (χ2n) is 4.71. The highest BCUT2D eigenvalue weighted by atomic mass is 32.2. The molecule has 3 rings (SSSR count). The second-order valence-corrected chi connectivity index (χ2v) is 5.89. The fourth-order valence-electron chi connectivity index (χ4n) is 2.28. The maximum absolute atomic E-state index is 9.43. The molecule has 5 heteroatoms. The number of rotatable bonds is 3. The molecule has 2 aromatic rings. The zero-order chi connectivity index (χ0) is 15.5. The molecule has 1 unspecified atom stereocenters. The minimum absolute atomic E-state index is 0.150. The van der Waals surface area contributed by atoms with Crippen LogP contribution in [0.25, 0.3) is 0 Å². The van der Waals surface area contributed by atoms with Gasteiger partial charge in [0.25, 0.3) is 0 Å². The van der Waals surface area contributed by atoms with Crippen LogP contribution in [-0.2, 0) is 0 Å². The fourth-order valence-corrected chi connectivity index (χ4v) is 3.47. The minimum Gasteiger partial charge on any atom is -0.497 e. The molecule has 0 radical (unpaired) electrons. The quantitative estimate of drug-likeness (QED) is 0.938. The summed E-state index contributed by atoms with van der Waals surface area (Å²) < 4.78 is 10.8. The van der Waals surface area contributed by atoms with Crippen LogP contribution in [0.4, 0.5) is 0 Å². The summed E-state index contributed by atoms with van der Waals surface area (Å²) in [5.41, 5.74) is 7.27. The van der Waals surface area contributed by atoms with Gasteiger partial charge >= 0.3 is 0 Å². The van der Waals surface area contributed by atoms with Crippen LogP contribution < -0.4 is 15.2 Å². The van der Waals surface area contributed by atoms with E-state index in [1.54, 1.807) is 24.9 Å². The smallest absolute Gasteiger partial charge is 0.206 e. The van der Waals surface area contributed by atoms with Gasteiger partial charge in [-0.25, -0.2) is 0 Å². The van der Waals surface area contributed by atoms with Crippen LogP contribution in [0.2, 0.25) is 0 Å². The van der Waals surface area contributed by atoms with Crippen molar-refractivity contribution in [1.29, 1.82) is 5.26 Å². The third-order valence-corrected chi connectivity index (χ3v) is 4.64. The van der Waals surface area contributed by atoms with Crippen LogP contribution in [-0.4, -0.2) is 7.11 Å². The highest BCUT2D eigenvalue weighted by Crippen LogP contribution is 2.48. The van der Waals surface area contributed by atoms with Gasteiger partial charge in [0.05, 0.1) is 12.4 Å². The SMILES string of the molecule is COc1ccc2c(c1)OC(N)=C(C#N)C2Sc1ccccc1. The van der Waals surface area contributed by atoms with Crippen LogP contribution >= 0.6 is 11.8 Å². The van der Waals surface area contributed by atoms with Gasteiger partial charge in [0.2, 0.25) is 5.88 Å². The third-order valence-electron chi connectivity index (χ3n) is 3.37. The first-order valence-electron chi connectivity index (χ1n) is 6.70. The minimum atomic E-state index is -0.193. The molecule has 0 saturated heterocycles. The van der Waals surface area contributed by atoms with E-state index in [9.17, 15) is 5.26 Å². The van der Waals surface area contributed by atoms with Crippen molar-refractivity contribution in [2.75, 3.05) is 7.11 Å². The van der Waals surface area contributed by atoms with Crippen LogP contribution in [0.5, 0.6) is 11.5 Å². The lowest BCUT2D eigenvalue weighted by Gasteiger charge is -2.25. The van der Waals surface area contributed by atoms with E-state index in [1.807, 2.05) is 42.5 Å². The fraction of sp³-hybridized carbons (Fsp3) is 0.118. The molecule has 4 nitrogen and oxygen atoms in total. The molecule has 2 aromatic carbocycles. The van der Waals surface area contributed by atoms with E-state index in [4.69, 9.17) is 15.2 Å². The Labute approximate surface area is 133 Å². The van der Waals surface area contributed by atoms with Crippen LogP contribution in [0, 0.1) is 11.3 Å². The first kappa shape index (κ1) is 14.4. The monoisotopic (exact) mass is 310 g/mol. The van der Waals surface area contributed by atoms with Crippen molar-refractivity contribution in [3.63, 3.8) is 0 Å². The highest BCUT2D eigenvalue weighted by molar-refractivity contribution is 7.99. The normalized spacial score (nSPS) is 16.5. The van der Waals surface area contributed by atoms with Gasteiger partial charge in [-0.15, -0.1) is 11.8 Å². The van der Waals surface area contributed by atoms with E-state index in [0.717, 1.165) is 10.5 Å².